The molecular formula is C15H20N4O2. The third-order valence-corrected chi connectivity index (χ3v) is 3.46. The van der Waals surface area contributed by atoms with Crippen LogP contribution in [0.3, 0.4) is 0 Å². The molecule has 21 heavy (non-hydrogen) atoms. The van der Waals surface area contributed by atoms with Gasteiger partial charge in [-0.05, 0) is 19.2 Å². The molecule has 0 spiro atoms. The van der Waals surface area contributed by atoms with Gasteiger partial charge < -0.3 is 15.2 Å². The van der Waals surface area contributed by atoms with Crippen LogP contribution in [-0.2, 0) is 31.5 Å². The van der Waals surface area contributed by atoms with Crippen molar-refractivity contribution in [3.05, 3.63) is 41.2 Å². The van der Waals surface area contributed by atoms with Crippen LogP contribution in [0.5, 0.6) is 5.75 Å². The number of rotatable bonds is 4. The lowest BCUT2D eigenvalue weighted by atomic mass is 10.1. The minimum Gasteiger partial charge on any atom is -0.467 e. The molecule has 3 rings (SSSR count). The van der Waals surface area contributed by atoms with E-state index in [1.165, 1.54) is 5.56 Å². The molecule has 0 saturated carbocycles. The van der Waals surface area contributed by atoms with Gasteiger partial charge in [0.2, 0.25) is 0 Å². The molecule has 2 aromatic rings. The topological polar surface area (TPSA) is 65.5 Å². The lowest BCUT2D eigenvalue weighted by molar-refractivity contribution is -0.0173. The standard InChI is InChI=1S/C15H20N4O2/c1-18(6-11-5-17-19(2)7-11)8-12-3-14(16)4-13-9-20-10-21-15(12)13/h3-5,7H,6,8-10,16H2,1-2H3. The van der Waals surface area contributed by atoms with Crippen molar-refractivity contribution in [2.45, 2.75) is 19.7 Å². The quantitative estimate of drug-likeness (QED) is 0.864. The Morgan fingerprint density at radius 3 is 3.00 bits per heavy atom. The summed E-state index contributed by atoms with van der Waals surface area (Å²) in [6, 6.07) is 3.89. The van der Waals surface area contributed by atoms with Gasteiger partial charge in [0.1, 0.15) is 5.75 Å². The normalized spacial score (nSPS) is 14.0. The van der Waals surface area contributed by atoms with Gasteiger partial charge in [-0.2, -0.15) is 5.10 Å². The van der Waals surface area contributed by atoms with Crippen molar-refractivity contribution in [1.29, 1.82) is 0 Å². The maximum Gasteiger partial charge on any atom is 0.189 e. The Bertz CT molecular complexity index is 639. The summed E-state index contributed by atoms with van der Waals surface area (Å²) in [5.41, 5.74) is 10.0. The third-order valence-electron chi connectivity index (χ3n) is 3.46. The number of nitrogen functional groups attached to an aromatic ring is 1. The molecule has 0 atom stereocenters. The lowest BCUT2D eigenvalue weighted by Crippen LogP contribution is -2.20. The molecule has 0 unspecified atom stereocenters. The largest absolute Gasteiger partial charge is 0.467 e. The molecule has 0 amide bonds. The highest BCUT2D eigenvalue weighted by molar-refractivity contribution is 5.53. The summed E-state index contributed by atoms with van der Waals surface area (Å²) in [5, 5.41) is 4.19. The Morgan fingerprint density at radius 1 is 1.38 bits per heavy atom. The first-order valence-electron chi connectivity index (χ1n) is 6.89. The first-order chi connectivity index (χ1) is 10.1. The zero-order chi connectivity index (χ0) is 14.8. The van der Waals surface area contributed by atoms with E-state index in [0.29, 0.717) is 13.4 Å². The van der Waals surface area contributed by atoms with E-state index in [0.717, 1.165) is 35.7 Å². The van der Waals surface area contributed by atoms with Crippen LogP contribution in [0.15, 0.2) is 24.5 Å². The van der Waals surface area contributed by atoms with Crippen LogP contribution in [0.2, 0.25) is 0 Å². The monoisotopic (exact) mass is 288 g/mol. The molecule has 112 valence electrons. The number of nitrogens with zero attached hydrogens (tertiary/aromatic N) is 3. The molecule has 0 bridgehead atoms. The van der Waals surface area contributed by atoms with E-state index in [2.05, 4.69) is 17.0 Å². The summed E-state index contributed by atoms with van der Waals surface area (Å²) in [6.45, 7) is 2.45. The van der Waals surface area contributed by atoms with E-state index in [4.69, 9.17) is 15.2 Å². The highest BCUT2D eigenvalue weighted by atomic mass is 16.7. The number of benzene rings is 1. The zero-order valence-corrected chi connectivity index (χ0v) is 12.4. The van der Waals surface area contributed by atoms with Gasteiger partial charge in [-0.3, -0.25) is 9.58 Å². The first kappa shape index (κ1) is 13.9. The van der Waals surface area contributed by atoms with Crippen molar-refractivity contribution in [2.75, 3.05) is 19.6 Å². The van der Waals surface area contributed by atoms with Gasteiger partial charge in [-0.15, -0.1) is 0 Å². The Labute approximate surface area is 124 Å². The summed E-state index contributed by atoms with van der Waals surface area (Å²) in [7, 11) is 3.99. The van der Waals surface area contributed by atoms with Crippen LogP contribution in [-0.4, -0.2) is 28.5 Å². The van der Waals surface area contributed by atoms with E-state index >= 15 is 0 Å². The van der Waals surface area contributed by atoms with E-state index in [1.54, 1.807) is 0 Å². The van der Waals surface area contributed by atoms with E-state index in [1.807, 2.05) is 36.3 Å². The fourth-order valence-electron chi connectivity index (χ4n) is 2.66. The predicted molar refractivity (Wildman–Crippen MR) is 79.5 cm³/mol. The highest BCUT2D eigenvalue weighted by Gasteiger charge is 2.17. The van der Waals surface area contributed by atoms with Gasteiger partial charge in [-0.1, -0.05) is 0 Å². The van der Waals surface area contributed by atoms with Gasteiger partial charge in [-0.25, -0.2) is 0 Å². The SMILES string of the molecule is CN(Cc1cnn(C)c1)Cc1cc(N)cc2c1OCOC2. The summed E-state index contributed by atoms with van der Waals surface area (Å²) in [5.74, 6) is 0.911. The molecule has 6 nitrogen and oxygen atoms in total. The molecule has 1 aromatic carbocycles. The maximum atomic E-state index is 5.97. The molecule has 0 aliphatic carbocycles. The fraction of sp³-hybridized carbons (Fsp3) is 0.400. The summed E-state index contributed by atoms with van der Waals surface area (Å²) in [4.78, 5) is 2.21. The summed E-state index contributed by atoms with van der Waals surface area (Å²) in [6.07, 6.45) is 3.91. The van der Waals surface area contributed by atoms with Crippen molar-refractivity contribution in [2.24, 2.45) is 7.05 Å². The molecule has 2 N–H and O–H groups in total. The van der Waals surface area contributed by atoms with Gasteiger partial charge in [0.05, 0.1) is 12.8 Å². The Balaban J connectivity index is 1.76. The Morgan fingerprint density at radius 2 is 2.24 bits per heavy atom. The van der Waals surface area contributed by atoms with Gasteiger partial charge in [0, 0.05) is 48.7 Å². The zero-order valence-electron chi connectivity index (χ0n) is 12.4. The molecular weight excluding hydrogens is 268 g/mol. The number of fused-ring (bicyclic) bond motifs is 1. The smallest absolute Gasteiger partial charge is 0.189 e. The fourth-order valence-corrected chi connectivity index (χ4v) is 2.66. The molecule has 1 aliphatic heterocycles. The number of aryl methyl sites for hydroxylation is 1. The van der Waals surface area contributed by atoms with Crippen molar-refractivity contribution < 1.29 is 9.47 Å². The second-order valence-electron chi connectivity index (χ2n) is 5.47. The van der Waals surface area contributed by atoms with E-state index in [9.17, 15) is 0 Å². The van der Waals surface area contributed by atoms with E-state index < -0.39 is 0 Å². The molecule has 2 heterocycles. The van der Waals surface area contributed by atoms with Crippen molar-refractivity contribution in [1.82, 2.24) is 14.7 Å². The van der Waals surface area contributed by atoms with Gasteiger partial charge >= 0.3 is 0 Å². The Hall–Kier alpha value is -2.05. The molecule has 0 saturated heterocycles. The average molecular weight is 288 g/mol. The Kier molecular flexibility index (Phi) is 3.81. The van der Waals surface area contributed by atoms with Gasteiger partial charge in [0.15, 0.2) is 6.79 Å². The number of hydrogen-bond donors (Lipinski definition) is 1. The molecule has 1 aromatic heterocycles. The number of nitrogens with two attached hydrogens (primary N) is 1. The van der Waals surface area contributed by atoms with E-state index in [-0.39, 0.29) is 0 Å². The van der Waals surface area contributed by atoms with Crippen molar-refractivity contribution >= 4 is 5.69 Å². The number of aromatic nitrogens is 2. The molecule has 0 radical (unpaired) electrons. The second-order valence-corrected chi connectivity index (χ2v) is 5.47. The number of hydrogen-bond acceptors (Lipinski definition) is 5. The second kappa shape index (κ2) is 5.75. The van der Waals surface area contributed by atoms with Gasteiger partial charge in [0.25, 0.3) is 0 Å². The minimum absolute atomic E-state index is 0.302. The third kappa shape index (κ3) is 3.17. The average Bonchev–Trinajstić information content (AvgIpc) is 2.83. The minimum atomic E-state index is 0.302. The maximum absolute atomic E-state index is 5.97. The summed E-state index contributed by atoms with van der Waals surface area (Å²) >= 11 is 0. The van der Waals surface area contributed by atoms with Crippen LogP contribution in [0, 0.1) is 0 Å². The summed E-state index contributed by atoms with van der Waals surface area (Å²) < 4.78 is 12.8. The number of ether oxygens (including phenoxy) is 2. The molecule has 6 heteroatoms. The predicted octanol–water partition coefficient (Wildman–Crippen LogP) is 1.50. The van der Waals surface area contributed by atoms with Crippen LogP contribution >= 0.6 is 0 Å². The first-order valence-corrected chi connectivity index (χ1v) is 6.89. The lowest BCUT2D eigenvalue weighted by Gasteiger charge is -2.24. The van der Waals surface area contributed by atoms with Crippen molar-refractivity contribution in [3.63, 3.8) is 0 Å². The van der Waals surface area contributed by atoms with Crippen LogP contribution in [0.25, 0.3) is 0 Å². The van der Waals surface area contributed by atoms with Crippen LogP contribution < -0.4 is 10.5 Å². The van der Waals surface area contributed by atoms with Crippen LogP contribution in [0.4, 0.5) is 5.69 Å². The van der Waals surface area contributed by atoms with Crippen LogP contribution in [0.1, 0.15) is 16.7 Å². The highest BCUT2D eigenvalue weighted by Crippen LogP contribution is 2.31. The molecule has 0 fully saturated rings. The molecule has 1 aliphatic rings. The number of anilines is 1. The van der Waals surface area contributed by atoms with Crippen molar-refractivity contribution in [3.8, 4) is 5.75 Å².